The van der Waals surface area contributed by atoms with Crippen LogP contribution in [0.5, 0.6) is 0 Å². The van der Waals surface area contributed by atoms with Crippen molar-refractivity contribution in [2.24, 2.45) is 5.73 Å². The Hall–Kier alpha value is -1.46. The first-order valence-electron chi connectivity index (χ1n) is 5.79. The van der Waals surface area contributed by atoms with Crippen LogP contribution in [0, 0.1) is 5.82 Å². The van der Waals surface area contributed by atoms with E-state index in [2.05, 4.69) is 4.74 Å². The summed E-state index contributed by atoms with van der Waals surface area (Å²) >= 11 is 0. The Morgan fingerprint density at radius 2 is 2.22 bits per heavy atom. The lowest BCUT2D eigenvalue weighted by atomic mass is 10.1. The number of hydrogen-bond donors (Lipinski definition) is 1. The topological polar surface area (TPSA) is 55.6 Å². The van der Waals surface area contributed by atoms with Gasteiger partial charge in [0.15, 0.2) is 0 Å². The maximum absolute atomic E-state index is 13.6. The van der Waals surface area contributed by atoms with Crippen LogP contribution in [0.3, 0.4) is 0 Å². The molecule has 0 atom stereocenters. The van der Waals surface area contributed by atoms with Crippen LogP contribution in [-0.2, 0) is 22.6 Å². The summed E-state index contributed by atoms with van der Waals surface area (Å²) in [5.74, 6) is -0.518. The van der Waals surface area contributed by atoms with Crippen LogP contribution in [0.25, 0.3) is 0 Å². The minimum absolute atomic E-state index is 0.253. The molecule has 0 bridgehead atoms. The van der Waals surface area contributed by atoms with E-state index in [0.29, 0.717) is 31.6 Å². The number of carbonyl (C=O) groups is 1. The van der Waals surface area contributed by atoms with Gasteiger partial charge in [0.05, 0.1) is 13.5 Å². The molecule has 0 aromatic heterocycles. The second-order valence-electron chi connectivity index (χ2n) is 4.19. The van der Waals surface area contributed by atoms with Gasteiger partial charge >= 0.3 is 5.97 Å². The van der Waals surface area contributed by atoms with Crippen LogP contribution < -0.4 is 5.73 Å². The lowest BCUT2D eigenvalue weighted by Gasteiger charge is -2.16. The smallest absolute Gasteiger partial charge is 0.306 e. The van der Waals surface area contributed by atoms with E-state index in [1.165, 1.54) is 13.2 Å². The van der Waals surface area contributed by atoms with Crippen LogP contribution in [0.15, 0.2) is 18.2 Å². The molecule has 0 amide bonds. The molecule has 1 aromatic rings. The Balaban J connectivity index is 2.58. The van der Waals surface area contributed by atoms with Crippen molar-refractivity contribution in [2.45, 2.75) is 19.5 Å². The third-order valence-corrected chi connectivity index (χ3v) is 2.71. The summed E-state index contributed by atoms with van der Waals surface area (Å²) in [6, 6.07) is 4.85. The first-order valence-corrected chi connectivity index (χ1v) is 5.79. The molecule has 1 rings (SSSR count). The molecular formula is C13H19FN2O2. The van der Waals surface area contributed by atoms with Crippen LogP contribution in [0.4, 0.5) is 4.39 Å². The highest BCUT2D eigenvalue weighted by Crippen LogP contribution is 2.12. The van der Waals surface area contributed by atoms with E-state index in [0.717, 1.165) is 5.56 Å². The Labute approximate surface area is 107 Å². The molecule has 0 radical (unpaired) electrons. The molecule has 5 heteroatoms. The maximum atomic E-state index is 13.6. The fourth-order valence-corrected chi connectivity index (χ4v) is 1.63. The Kier molecular flexibility index (Phi) is 5.74. The Bertz CT molecular complexity index is 410. The molecule has 1 aromatic carbocycles. The molecule has 0 aliphatic rings. The summed E-state index contributed by atoms with van der Waals surface area (Å²) < 4.78 is 18.1. The van der Waals surface area contributed by atoms with Gasteiger partial charge in [-0.15, -0.1) is 0 Å². The standard InChI is InChI=1S/C13H19FN2O2/c1-16(6-5-13(17)18-2)9-11-7-10(8-15)3-4-12(11)14/h3-4,7H,5-6,8-9,15H2,1-2H3. The molecule has 18 heavy (non-hydrogen) atoms. The van der Waals surface area contributed by atoms with E-state index in [1.54, 1.807) is 12.1 Å². The number of hydrogen-bond acceptors (Lipinski definition) is 4. The highest BCUT2D eigenvalue weighted by Gasteiger charge is 2.08. The van der Waals surface area contributed by atoms with E-state index in [-0.39, 0.29) is 11.8 Å². The zero-order valence-electron chi connectivity index (χ0n) is 10.8. The third kappa shape index (κ3) is 4.43. The number of halogens is 1. The number of carbonyl (C=O) groups excluding carboxylic acids is 1. The van der Waals surface area contributed by atoms with Crippen molar-refractivity contribution < 1.29 is 13.9 Å². The van der Waals surface area contributed by atoms with E-state index >= 15 is 0 Å². The highest BCUT2D eigenvalue weighted by molar-refractivity contribution is 5.69. The second-order valence-corrected chi connectivity index (χ2v) is 4.19. The largest absolute Gasteiger partial charge is 0.469 e. The van der Waals surface area contributed by atoms with E-state index in [1.807, 2.05) is 11.9 Å². The van der Waals surface area contributed by atoms with Crippen molar-refractivity contribution >= 4 is 5.97 Å². The van der Waals surface area contributed by atoms with Gasteiger partial charge in [0.1, 0.15) is 5.82 Å². The number of esters is 1. The molecule has 0 aliphatic heterocycles. The number of rotatable bonds is 6. The van der Waals surface area contributed by atoms with E-state index < -0.39 is 0 Å². The van der Waals surface area contributed by atoms with Crippen LogP contribution in [-0.4, -0.2) is 31.6 Å². The van der Waals surface area contributed by atoms with Crippen LogP contribution in [0.1, 0.15) is 17.5 Å². The summed E-state index contributed by atoms with van der Waals surface area (Å²) in [6.45, 7) is 1.36. The van der Waals surface area contributed by atoms with Gasteiger partial charge in [-0.2, -0.15) is 0 Å². The number of benzene rings is 1. The predicted molar refractivity (Wildman–Crippen MR) is 67.3 cm³/mol. The molecule has 4 nitrogen and oxygen atoms in total. The monoisotopic (exact) mass is 254 g/mol. The maximum Gasteiger partial charge on any atom is 0.306 e. The summed E-state index contributed by atoms with van der Waals surface area (Å²) in [5.41, 5.74) is 7.00. The van der Waals surface area contributed by atoms with Gasteiger partial charge in [0.2, 0.25) is 0 Å². The van der Waals surface area contributed by atoms with Gasteiger partial charge in [0.25, 0.3) is 0 Å². The molecule has 0 aliphatic carbocycles. The van der Waals surface area contributed by atoms with Crippen molar-refractivity contribution in [2.75, 3.05) is 20.7 Å². The molecule has 0 spiro atoms. The number of methoxy groups -OCH3 is 1. The fourth-order valence-electron chi connectivity index (χ4n) is 1.63. The van der Waals surface area contributed by atoms with Crippen molar-refractivity contribution in [1.82, 2.24) is 4.90 Å². The summed E-state index contributed by atoms with van der Waals surface area (Å²) in [7, 11) is 3.18. The third-order valence-electron chi connectivity index (χ3n) is 2.71. The quantitative estimate of drug-likeness (QED) is 0.777. The van der Waals surface area contributed by atoms with Crippen molar-refractivity contribution in [3.63, 3.8) is 0 Å². The first kappa shape index (κ1) is 14.6. The van der Waals surface area contributed by atoms with Crippen molar-refractivity contribution in [3.05, 3.63) is 35.1 Å². The van der Waals surface area contributed by atoms with Crippen LogP contribution >= 0.6 is 0 Å². The Morgan fingerprint density at radius 3 is 2.83 bits per heavy atom. The van der Waals surface area contributed by atoms with E-state index in [9.17, 15) is 9.18 Å². The fraction of sp³-hybridized carbons (Fsp3) is 0.462. The SMILES string of the molecule is COC(=O)CCN(C)Cc1cc(CN)ccc1F. The second kappa shape index (κ2) is 7.08. The molecular weight excluding hydrogens is 235 g/mol. The first-order chi connectivity index (χ1) is 8.56. The van der Waals surface area contributed by atoms with Gasteiger partial charge in [-0.3, -0.25) is 4.79 Å². The minimum atomic E-state index is -0.266. The lowest BCUT2D eigenvalue weighted by Crippen LogP contribution is -2.22. The molecule has 0 saturated carbocycles. The van der Waals surface area contributed by atoms with Gasteiger partial charge < -0.3 is 15.4 Å². The average molecular weight is 254 g/mol. The summed E-state index contributed by atoms with van der Waals surface area (Å²) in [5, 5.41) is 0. The molecule has 0 unspecified atom stereocenters. The minimum Gasteiger partial charge on any atom is -0.469 e. The van der Waals surface area contributed by atoms with Crippen LogP contribution in [0.2, 0.25) is 0 Å². The summed E-state index contributed by atoms with van der Waals surface area (Å²) in [6.07, 6.45) is 0.297. The average Bonchev–Trinajstić information content (AvgIpc) is 2.38. The number of ether oxygens (including phenoxy) is 1. The van der Waals surface area contributed by atoms with Gasteiger partial charge in [0, 0.05) is 25.2 Å². The molecule has 0 saturated heterocycles. The number of nitrogens with two attached hydrogens (primary N) is 1. The molecule has 100 valence electrons. The zero-order chi connectivity index (χ0) is 13.5. The lowest BCUT2D eigenvalue weighted by molar-refractivity contribution is -0.140. The van der Waals surface area contributed by atoms with Gasteiger partial charge in [-0.1, -0.05) is 12.1 Å². The Morgan fingerprint density at radius 1 is 1.50 bits per heavy atom. The molecule has 0 heterocycles. The number of nitrogens with zero attached hydrogens (tertiary/aromatic N) is 1. The van der Waals surface area contributed by atoms with Gasteiger partial charge in [-0.25, -0.2) is 4.39 Å². The molecule has 2 N–H and O–H groups in total. The highest BCUT2D eigenvalue weighted by atomic mass is 19.1. The predicted octanol–water partition coefficient (Wildman–Crippen LogP) is 1.28. The molecule has 0 fully saturated rings. The van der Waals surface area contributed by atoms with Gasteiger partial charge in [-0.05, 0) is 18.7 Å². The zero-order valence-corrected chi connectivity index (χ0v) is 10.8. The summed E-state index contributed by atoms with van der Waals surface area (Å²) in [4.78, 5) is 12.9. The van der Waals surface area contributed by atoms with Crippen molar-refractivity contribution in [1.29, 1.82) is 0 Å². The van der Waals surface area contributed by atoms with Crippen molar-refractivity contribution in [3.8, 4) is 0 Å². The van der Waals surface area contributed by atoms with E-state index in [4.69, 9.17) is 5.73 Å². The normalized spacial score (nSPS) is 10.7.